The lowest BCUT2D eigenvalue weighted by Crippen LogP contribution is -2.56. The van der Waals surface area contributed by atoms with E-state index in [-0.39, 0.29) is 0 Å². The Labute approximate surface area is 107 Å². The van der Waals surface area contributed by atoms with Gasteiger partial charge in [-0.3, -0.25) is 4.79 Å². The van der Waals surface area contributed by atoms with Crippen LogP contribution in [0.5, 0.6) is 0 Å². The third-order valence-electron chi connectivity index (χ3n) is 4.50. The van der Waals surface area contributed by atoms with Gasteiger partial charge in [-0.15, -0.1) is 0 Å². The molecule has 0 aromatic heterocycles. The molecule has 3 nitrogen and oxygen atoms in total. The van der Waals surface area contributed by atoms with Gasteiger partial charge in [0.05, 0.1) is 11.0 Å². The van der Waals surface area contributed by atoms with Gasteiger partial charge in [0.1, 0.15) is 0 Å². The molecule has 0 aromatic rings. The maximum atomic E-state index is 11.8. The molecule has 2 N–H and O–H groups in total. The Balaban J connectivity index is 2.34. The molecule has 1 aliphatic heterocycles. The van der Waals surface area contributed by atoms with E-state index in [4.69, 9.17) is 0 Å². The predicted molar refractivity (Wildman–Crippen MR) is 69.1 cm³/mol. The number of hydrogen-bond donors (Lipinski definition) is 2. The molecule has 0 aromatic carbocycles. The fraction of sp³-hybridized carbons (Fsp3) is 0.923. The molecular formula is C13H22O3S. The zero-order valence-corrected chi connectivity index (χ0v) is 11.4. The van der Waals surface area contributed by atoms with Crippen molar-refractivity contribution < 1.29 is 15.0 Å². The van der Waals surface area contributed by atoms with Crippen molar-refractivity contribution in [1.29, 1.82) is 0 Å². The van der Waals surface area contributed by atoms with Crippen LogP contribution in [0, 0.1) is 17.3 Å². The SMILES string of the molecule is CC1CC(C)CC(C(=O)O)(C2(O)CCSC2)C1. The van der Waals surface area contributed by atoms with E-state index in [1.54, 1.807) is 11.8 Å². The van der Waals surface area contributed by atoms with Gasteiger partial charge in [-0.1, -0.05) is 13.8 Å². The summed E-state index contributed by atoms with van der Waals surface area (Å²) in [5, 5.41) is 20.5. The largest absolute Gasteiger partial charge is 0.481 e. The molecule has 4 heteroatoms. The van der Waals surface area contributed by atoms with Gasteiger partial charge in [0.25, 0.3) is 0 Å². The monoisotopic (exact) mass is 258 g/mol. The second kappa shape index (κ2) is 4.47. The van der Waals surface area contributed by atoms with Crippen molar-refractivity contribution in [2.75, 3.05) is 11.5 Å². The van der Waals surface area contributed by atoms with E-state index in [0.29, 0.717) is 36.9 Å². The second-order valence-corrected chi connectivity index (χ2v) is 7.18. The lowest BCUT2D eigenvalue weighted by Gasteiger charge is -2.48. The molecule has 1 heterocycles. The van der Waals surface area contributed by atoms with Crippen molar-refractivity contribution in [2.45, 2.75) is 45.1 Å². The van der Waals surface area contributed by atoms with Gasteiger partial charge in [-0.25, -0.2) is 0 Å². The summed E-state index contributed by atoms with van der Waals surface area (Å²) < 4.78 is 0. The smallest absolute Gasteiger partial charge is 0.312 e. The summed E-state index contributed by atoms with van der Waals surface area (Å²) in [6.45, 7) is 4.22. The number of aliphatic carboxylic acids is 1. The third kappa shape index (κ3) is 2.10. The lowest BCUT2D eigenvalue weighted by atomic mass is 9.58. The fourth-order valence-corrected chi connectivity index (χ4v) is 5.20. The summed E-state index contributed by atoms with van der Waals surface area (Å²) in [4.78, 5) is 11.8. The summed E-state index contributed by atoms with van der Waals surface area (Å²) in [6.07, 6.45) is 2.97. The summed E-state index contributed by atoms with van der Waals surface area (Å²) in [7, 11) is 0. The van der Waals surface area contributed by atoms with Gasteiger partial charge in [-0.2, -0.15) is 11.8 Å². The van der Waals surface area contributed by atoms with Crippen molar-refractivity contribution in [3.8, 4) is 0 Å². The van der Waals surface area contributed by atoms with E-state index in [1.807, 2.05) is 0 Å². The zero-order chi connectivity index (χ0) is 12.7. The van der Waals surface area contributed by atoms with Gasteiger partial charge in [0.2, 0.25) is 0 Å². The fourth-order valence-electron chi connectivity index (χ4n) is 3.81. The minimum atomic E-state index is -0.994. The lowest BCUT2D eigenvalue weighted by molar-refractivity contribution is -0.176. The highest BCUT2D eigenvalue weighted by Crippen LogP contribution is 2.53. The van der Waals surface area contributed by atoms with Gasteiger partial charge >= 0.3 is 5.97 Å². The molecular weight excluding hydrogens is 236 g/mol. The van der Waals surface area contributed by atoms with Crippen molar-refractivity contribution >= 4 is 17.7 Å². The van der Waals surface area contributed by atoms with Gasteiger partial charge in [0.15, 0.2) is 0 Å². The molecule has 1 aliphatic carbocycles. The summed E-state index contributed by atoms with van der Waals surface area (Å²) in [6, 6.07) is 0. The highest BCUT2D eigenvalue weighted by molar-refractivity contribution is 7.99. The first-order valence-electron chi connectivity index (χ1n) is 6.43. The van der Waals surface area contributed by atoms with E-state index >= 15 is 0 Å². The number of rotatable bonds is 2. The summed E-state index contributed by atoms with van der Waals surface area (Å²) >= 11 is 1.68. The Morgan fingerprint density at radius 3 is 2.29 bits per heavy atom. The van der Waals surface area contributed by atoms with Crippen LogP contribution in [0.4, 0.5) is 0 Å². The molecule has 0 radical (unpaired) electrons. The molecule has 3 atom stereocenters. The molecule has 0 bridgehead atoms. The first kappa shape index (κ1) is 13.2. The zero-order valence-electron chi connectivity index (χ0n) is 10.6. The first-order chi connectivity index (χ1) is 7.90. The normalized spacial score (nSPS) is 47.0. The van der Waals surface area contributed by atoms with Crippen LogP contribution in [0.1, 0.15) is 39.5 Å². The first-order valence-corrected chi connectivity index (χ1v) is 7.59. The number of hydrogen-bond acceptors (Lipinski definition) is 3. The number of thioether (sulfide) groups is 1. The Morgan fingerprint density at radius 2 is 1.88 bits per heavy atom. The molecule has 17 heavy (non-hydrogen) atoms. The topological polar surface area (TPSA) is 57.5 Å². The summed E-state index contributed by atoms with van der Waals surface area (Å²) in [5.41, 5.74) is -1.90. The molecule has 2 fully saturated rings. The molecule has 0 spiro atoms. The molecule has 2 aliphatic rings. The predicted octanol–water partition coefficient (Wildman–Crippen LogP) is 2.38. The van der Waals surface area contributed by atoms with Crippen LogP contribution >= 0.6 is 11.8 Å². The highest BCUT2D eigenvalue weighted by Gasteiger charge is 2.59. The van der Waals surface area contributed by atoms with Crippen LogP contribution in [-0.4, -0.2) is 33.3 Å². The standard InChI is InChI=1S/C13H22O3S/c1-9-5-10(2)7-12(6-9,11(14)15)13(16)3-4-17-8-13/h9-10,16H,3-8H2,1-2H3,(H,14,15). The van der Waals surface area contributed by atoms with Crippen molar-refractivity contribution in [1.82, 2.24) is 0 Å². The third-order valence-corrected chi connectivity index (χ3v) is 5.67. The van der Waals surface area contributed by atoms with Gasteiger partial charge in [0, 0.05) is 5.75 Å². The quantitative estimate of drug-likeness (QED) is 0.798. The Morgan fingerprint density at radius 1 is 1.29 bits per heavy atom. The molecule has 1 saturated heterocycles. The van der Waals surface area contributed by atoms with E-state index < -0.39 is 17.0 Å². The van der Waals surface area contributed by atoms with Crippen LogP contribution in [-0.2, 0) is 4.79 Å². The minimum Gasteiger partial charge on any atom is -0.481 e. The van der Waals surface area contributed by atoms with Crippen molar-refractivity contribution in [3.05, 3.63) is 0 Å². The number of carboxylic acids is 1. The number of carbonyl (C=O) groups is 1. The van der Waals surface area contributed by atoms with Crippen LogP contribution in [0.25, 0.3) is 0 Å². The average Bonchev–Trinajstić information content (AvgIpc) is 2.64. The second-order valence-electron chi connectivity index (χ2n) is 6.08. The average molecular weight is 258 g/mol. The summed E-state index contributed by atoms with van der Waals surface area (Å²) in [5.74, 6) is 1.46. The van der Waals surface area contributed by atoms with Crippen LogP contribution < -0.4 is 0 Å². The van der Waals surface area contributed by atoms with E-state index in [9.17, 15) is 15.0 Å². The maximum Gasteiger partial charge on any atom is 0.312 e. The Hall–Kier alpha value is -0.220. The number of carboxylic acid groups (broad SMARTS) is 1. The van der Waals surface area contributed by atoms with Crippen LogP contribution in [0.3, 0.4) is 0 Å². The molecule has 2 rings (SSSR count). The van der Waals surface area contributed by atoms with Crippen LogP contribution in [0.15, 0.2) is 0 Å². The van der Waals surface area contributed by atoms with E-state index in [2.05, 4.69) is 13.8 Å². The van der Waals surface area contributed by atoms with Gasteiger partial charge in [-0.05, 0) is 43.3 Å². The number of aliphatic hydroxyl groups is 1. The van der Waals surface area contributed by atoms with Crippen molar-refractivity contribution in [3.63, 3.8) is 0 Å². The highest BCUT2D eigenvalue weighted by atomic mass is 32.2. The van der Waals surface area contributed by atoms with Gasteiger partial charge < -0.3 is 10.2 Å². The molecule has 0 amide bonds. The Kier molecular flexibility index (Phi) is 3.47. The Bertz CT molecular complexity index is 300. The van der Waals surface area contributed by atoms with Crippen molar-refractivity contribution in [2.24, 2.45) is 17.3 Å². The molecule has 1 saturated carbocycles. The minimum absolute atomic E-state index is 0.393. The van der Waals surface area contributed by atoms with Crippen LogP contribution in [0.2, 0.25) is 0 Å². The molecule has 3 unspecified atom stereocenters. The maximum absolute atomic E-state index is 11.8. The molecule has 98 valence electrons. The van der Waals surface area contributed by atoms with E-state index in [0.717, 1.165) is 12.2 Å². The van der Waals surface area contributed by atoms with E-state index in [1.165, 1.54) is 0 Å².